The Kier molecular flexibility index (Phi) is 4.35. The SMILES string of the molecule is CCCC(=O)Nc1ccc(Sc2ncn[nH]2)cc1. The molecule has 0 aliphatic carbocycles. The average Bonchev–Trinajstić information content (AvgIpc) is 2.85. The number of H-pyrrole nitrogens is 1. The highest BCUT2D eigenvalue weighted by molar-refractivity contribution is 7.99. The van der Waals surface area contributed by atoms with Crippen LogP contribution < -0.4 is 5.32 Å². The lowest BCUT2D eigenvalue weighted by Crippen LogP contribution is -2.10. The van der Waals surface area contributed by atoms with Crippen molar-refractivity contribution in [3.05, 3.63) is 30.6 Å². The molecule has 0 spiro atoms. The van der Waals surface area contributed by atoms with Crippen LogP contribution in [-0.4, -0.2) is 21.1 Å². The number of hydrogen-bond donors (Lipinski definition) is 2. The van der Waals surface area contributed by atoms with Gasteiger partial charge in [0.15, 0.2) is 5.16 Å². The van der Waals surface area contributed by atoms with Crippen LogP contribution in [0.4, 0.5) is 5.69 Å². The second-order valence-electron chi connectivity index (χ2n) is 3.72. The zero-order chi connectivity index (χ0) is 12.8. The number of aromatic amines is 1. The molecule has 0 aliphatic heterocycles. The van der Waals surface area contributed by atoms with Crippen molar-refractivity contribution in [2.75, 3.05) is 5.32 Å². The van der Waals surface area contributed by atoms with Gasteiger partial charge in [-0.25, -0.2) is 4.98 Å². The number of carbonyl (C=O) groups excluding carboxylic acids is 1. The maximum atomic E-state index is 11.4. The first-order chi connectivity index (χ1) is 8.78. The number of nitrogens with one attached hydrogen (secondary N) is 2. The normalized spacial score (nSPS) is 10.3. The Balaban J connectivity index is 1.95. The highest BCUT2D eigenvalue weighted by Gasteiger charge is 2.02. The Morgan fingerprint density at radius 2 is 2.17 bits per heavy atom. The van der Waals surface area contributed by atoms with Crippen molar-refractivity contribution < 1.29 is 4.79 Å². The largest absolute Gasteiger partial charge is 0.326 e. The first-order valence-electron chi connectivity index (χ1n) is 5.71. The standard InChI is InChI=1S/C12H14N4OS/c1-2-3-11(17)15-9-4-6-10(7-5-9)18-12-13-8-14-16-12/h4-8H,2-3H2,1H3,(H,15,17)(H,13,14,16). The molecule has 1 amide bonds. The average molecular weight is 262 g/mol. The summed E-state index contributed by atoms with van der Waals surface area (Å²) in [5.74, 6) is 0.0492. The highest BCUT2D eigenvalue weighted by atomic mass is 32.2. The van der Waals surface area contributed by atoms with Crippen molar-refractivity contribution in [2.24, 2.45) is 0 Å². The van der Waals surface area contributed by atoms with Crippen molar-refractivity contribution in [1.82, 2.24) is 15.2 Å². The lowest BCUT2D eigenvalue weighted by atomic mass is 10.3. The maximum absolute atomic E-state index is 11.4. The number of aromatic nitrogens is 3. The summed E-state index contributed by atoms with van der Waals surface area (Å²) in [6.07, 6.45) is 2.88. The van der Waals surface area contributed by atoms with Gasteiger partial charge in [-0.3, -0.25) is 9.89 Å². The second kappa shape index (κ2) is 6.20. The van der Waals surface area contributed by atoms with Crippen molar-refractivity contribution in [2.45, 2.75) is 29.8 Å². The van der Waals surface area contributed by atoms with E-state index in [1.807, 2.05) is 31.2 Å². The summed E-state index contributed by atoms with van der Waals surface area (Å²) < 4.78 is 0. The van der Waals surface area contributed by atoms with Gasteiger partial charge in [-0.15, -0.1) is 0 Å². The molecule has 94 valence electrons. The number of rotatable bonds is 5. The molecule has 0 aliphatic rings. The van der Waals surface area contributed by atoms with Gasteiger partial charge in [-0.1, -0.05) is 18.7 Å². The first kappa shape index (κ1) is 12.6. The van der Waals surface area contributed by atoms with Crippen LogP contribution in [-0.2, 0) is 4.79 Å². The third-order valence-corrected chi connectivity index (χ3v) is 3.12. The number of amides is 1. The minimum absolute atomic E-state index is 0.0492. The van der Waals surface area contributed by atoms with E-state index in [2.05, 4.69) is 20.5 Å². The molecule has 0 atom stereocenters. The molecule has 2 aromatic rings. The molecule has 18 heavy (non-hydrogen) atoms. The molecular formula is C12H14N4OS. The van der Waals surface area contributed by atoms with Crippen molar-refractivity contribution >= 4 is 23.4 Å². The Morgan fingerprint density at radius 3 is 2.78 bits per heavy atom. The number of nitrogens with zero attached hydrogens (tertiary/aromatic N) is 2. The fraction of sp³-hybridized carbons (Fsp3) is 0.250. The maximum Gasteiger partial charge on any atom is 0.224 e. The fourth-order valence-electron chi connectivity index (χ4n) is 1.41. The third-order valence-electron chi connectivity index (χ3n) is 2.22. The van der Waals surface area contributed by atoms with Gasteiger partial charge in [-0.2, -0.15) is 5.10 Å². The van der Waals surface area contributed by atoms with Gasteiger partial charge in [-0.05, 0) is 30.7 Å². The van der Waals surface area contributed by atoms with Crippen LogP contribution in [0.15, 0.2) is 40.6 Å². The quantitative estimate of drug-likeness (QED) is 0.869. The van der Waals surface area contributed by atoms with Gasteiger partial charge < -0.3 is 5.32 Å². The molecule has 1 aromatic carbocycles. The molecule has 0 saturated carbocycles. The van der Waals surface area contributed by atoms with Crippen LogP contribution in [0.1, 0.15) is 19.8 Å². The van der Waals surface area contributed by atoms with Gasteiger partial charge in [0.05, 0.1) is 0 Å². The number of carbonyl (C=O) groups is 1. The smallest absolute Gasteiger partial charge is 0.224 e. The minimum Gasteiger partial charge on any atom is -0.326 e. The number of benzene rings is 1. The summed E-state index contributed by atoms with van der Waals surface area (Å²) in [5.41, 5.74) is 0.815. The van der Waals surface area contributed by atoms with Gasteiger partial charge in [0, 0.05) is 17.0 Å². The van der Waals surface area contributed by atoms with E-state index >= 15 is 0 Å². The summed E-state index contributed by atoms with van der Waals surface area (Å²) in [5, 5.41) is 10.2. The molecular weight excluding hydrogens is 248 g/mol. The van der Waals surface area contributed by atoms with Crippen molar-refractivity contribution in [1.29, 1.82) is 0 Å². The molecule has 0 bridgehead atoms. The van der Waals surface area contributed by atoms with Crippen molar-refractivity contribution in [3.8, 4) is 0 Å². The summed E-state index contributed by atoms with van der Waals surface area (Å²) in [6.45, 7) is 1.98. The summed E-state index contributed by atoms with van der Waals surface area (Å²) in [7, 11) is 0. The molecule has 0 radical (unpaired) electrons. The lowest BCUT2D eigenvalue weighted by molar-refractivity contribution is -0.116. The zero-order valence-corrected chi connectivity index (χ0v) is 10.8. The molecule has 5 nitrogen and oxygen atoms in total. The topological polar surface area (TPSA) is 70.7 Å². The van der Waals surface area contributed by atoms with E-state index in [-0.39, 0.29) is 5.91 Å². The van der Waals surface area contributed by atoms with E-state index in [1.54, 1.807) is 0 Å². The van der Waals surface area contributed by atoms with Crippen LogP contribution >= 0.6 is 11.8 Å². The molecule has 0 fully saturated rings. The Morgan fingerprint density at radius 1 is 1.39 bits per heavy atom. The van der Waals surface area contributed by atoms with E-state index in [0.717, 1.165) is 22.2 Å². The summed E-state index contributed by atoms with van der Waals surface area (Å²) in [4.78, 5) is 16.5. The van der Waals surface area contributed by atoms with E-state index in [4.69, 9.17) is 0 Å². The Hall–Kier alpha value is -1.82. The van der Waals surface area contributed by atoms with Crippen LogP contribution in [0, 0.1) is 0 Å². The molecule has 6 heteroatoms. The zero-order valence-electron chi connectivity index (χ0n) is 10.0. The predicted octanol–water partition coefficient (Wildman–Crippen LogP) is 2.69. The molecule has 2 N–H and O–H groups in total. The van der Waals surface area contributed by atoms with Crippen molar-refractivity contribution in [3.63, 3.8) is 0 Å². The third kappa shape index (κ3) is 3.59. The predicted molar refractivity (Wildman–Crippen MR) is 70.5 cm³/mol. The van der Waals surface area contributed by atoms with E-state index < -0.39 is 0 Å². The van der Waals surface area contributed by atoms with Gasteiger partial charge in [0.25, 0.3) is 0 Å². The van der Waals surface area contributed by atoms with Gasteiger partial charge >= 0.3 is 0 Å². The van der Waals surface area contributed by atoms with E-state index in [0.29, 0.717) is 6.42 Å². The highest BCUT2D eigenvalue weighted by Crippen LogP contribution is 2.25. The number of anilines is 1. The van der Waals surface area contributed by atoms with E-state index in [9.17, 15) is 4.79 Å². The monoisotopic (exact) mass is 262 g/mol. The molecule has 0 unspecified atom stereocenters. The second-order valence-corrected chi connectivity index (χ2v) is 4.78. The number of hydrogen-bond acceptors (Lipinski definition) is 4. The molecule has 1 heterocycles. The van der Waals surface area contributed by atoms with Gasteiger partial charge in [0.2, 0.25) is 5.91 Å². The van der Waals surface area contributed by atoms with Crippen LogP contribution in [0.3, 0.4) is 0 Å². The Bertz CT molecular complexity index is 495. The molecule has 0 saturated heterocycles. The van der Waals surface area contributed by atoms with Crippen LogP contribution in [0.25, 0.3) is 0 Å². The Labute approximate surface area is 109 Å². The molecule has 1 aromatic heterocycles. The first-order valence-corrected chi connectivity index (χ1v) is 6.52. The fourth-order valence-corrected chi connectivity index (χ4v) is 2.11. The molecule has 2 rings (SSSR count). The van der Waals surface area contributed by atoms with E-state index in [1.165, 1.54) is 18.1 Å². The van der Waals surface area contributed by atoms with Gasteiger partial charge in [0.1, 0.15) is 6.33 Å². The van der Waals surface area contributed by atoms with Crippen LogP contribution in [0.5, 0.6) is 0 Å². The summed E-state index contributed by atoms with van der Waals surface area (Å²) >= 11 is 1.49. The van der Waals surface area contributed by atoms with Crippen LogP contribution in [0.2, 0.25) is 0 Å². The summed E-state index contributed by atoms with van der Waals surface area (Å²) in [6, 6.07) is 7.64. The minimum atomic E-state index is 0.0492. The lowest BCUT2D eigenvalue weighted by Gasteiger charge is -2.04.